The molecule has 0 radical (unpaired) electrons. The van der Waals surface area contributed by atoms with Crippen molar-refractivity contribution >= 4 is 17.9 Å². The molecular weight excluding hydrogens is 458 g/mol. The normalized spacial score (nSPS) is 11.8. The van der Waals surface area contributed by atoms with Gasteiger partial charge >= 0.3 is 6.18 Å². The summed E-state index contributed by atoms with van der Waals surface area (Å²) >= 11 is 1.36. The molecule has 0 unspecified atom stereocenters. The van der Waals surface area contributed by atoms with Crippen LogP contribution < -0.4 is 5.32 Å². The molecular formula is C22H21F4N5OS. The summed E-state index contributed by atoms with van der Waals surface area (Å²) in [5.41, 5.74) is 1.44. The molecule has 1 amide bonds. The second-order valence-corrected chi connectivity index (χ2v) is 8.46. The highest BCUT2D eigenvalue weighted by atomic mass is 32.2. The van der Waals surface area contributed by atoms with Crippen LogP contribution in [0.4, 0.5) is 17.6 Å². The van der Waals surface area contributed by atoms with Crippen LogP contribution in [0.15, 0.2) is 59.9 Å². The maximum absolute atomic E-state index is 13.1. The maximum Gasteiger partial charge on any atom is 0.451 e. The van der Waals surface area contributed by atoms with Crippen LogP contribution in [0.5, 0.6) is 0 Å². The molecule has 0 fully saturated rings. The van der Waals surface area contributed by atoms with Gasteiger partial charge in [0.1, 0.15) is 5.82 Å². The summed E-state index contributed by atoms with van der Waals surface area (Å²) < 4.78 is 52.9. The number of nitrogens with one attached hydrogen (secondary N) is 1. The van der Waals surface area contributed by atoms with E-state index in [-0.39, 0.29) is 30.9 Å². The van der Waals surface area contributed by atoms with Gasteiger partial charge in [-0.2, -0.15) is 13.2 Å². The first-order valence-electron chi connectivity index (χ1n) is 9.93. The summed E-state index contributed by atoms with van der Waals surface area (Å²) in [7, 11) is 0. The Kier molecular flexibility index (Phi) is 7.98. The quantitative estimate of drug-likeness (QED) is 0.372. The van der Waals surface area contributed by atoms with Crippen LogP contribution in [-0.2, 0) is 17.5 Å². The zero-order valence-corrected chi connectivity index (χ0v) is 18.6. The van der Waals surface area contributed by atoms with Crippen molar-refractivity contribution in [3.05, 3.63) is 72.2 Å². The molecule has 0 aliphatic heterocycles. The van der Waals surface area contributed by atoms with E-state index < -0.39 is 12.0 Å². The van der Waals surface area contributed by atoms with E-state index in [9.17, 15) is 22.4 Å². The zero-order valence-electron chi connectivity index (χ0n) is 17.8. The van der Waals surface area contributed by atoms with Crippen LogP contribution in [-0.4, -0.2) is 37.8 Å². The number of nitrogens with zero attached hydrogens (tertiary/aromatic N) is 4. The van der Waals surface area contributed by atoms with E-state index in [1.54, 1.807) is 24.3 Å². The number of carbonyl (C=O) groups is 1. The Hall–Kier alpha value is -3.05. The summed E-state index contributed by atoms with van der Waals surface area (Å²) in [4.78, 5) is 24.1. The lowest BCUT2D eigenvalue weighted by atomic mass is 10.1. The fourth-order valence-corrected chi connectivity index (χ4v) is 3.62. The fraction of sp³-hybridized carbons (Fsp3) is 0.273. The Morgan fingerprint density at radius 2 is 1.76 bits per heavy atom. The Labute approximate surface area is 192 Å². The molecule has 3 rings (SSSR count). The molecule has 2 heterocycles. The highest BCUT2D eigenvalue weighted by molar-refractivity contribution is 7.97. The molecule has 174 valence electrons. The highest BCUT2D eigenvalue weighted by Crippen LogP contribution is 2.27. The predicted molar refractivity (Wildman–Crippen MR) is 116 cm³/mol. The average Bonchev–Trinajstić information content (AvgIpc) is 2.78. The SMILES string of the molecule is CC(C)N(CC(=O)NCc1ccnc(-c2cnc(C(F)(F)F)nc2)c1)Sc1ccc(F)cc1. The van der Waals surface area contributed by atoms with Crippen LogP contribution in [0.2, 0.25) is 0 Å². The minimum absolute atomic E-state index is 0.0537. The molecule has 0 atom stereocenters. The third-order valence-corrected chi connectivity index (χ3v) is 5.70. The first-order valence-corrected chi connectivity index (χ1v) is 10.7. The van der Waals surface area contributed by atoms with Crippen molar-refractivity contribution in [3.8, 4) is 11.3 Å². The number of alkyl halides is 3. The highest BCUT2D eigenvalue weighted by Gasteiger charge is 2.34. The van der Waals surface area contributed by atoms with Gasteiger partial charge in [-0.05, 0) is 67.8 Å². The first kappa shape index (κ1) is 24.6. The van der Waals surface area contributed by atoms with Crippen LogP contribution >= 0.6 is 11.9 Å². The Balaban J connectivity index is 1.59. The molecule has 3 aromatic rings. The van der Waals surface area contributed by atoms with Gasteiger partial charge in [0, 0.05) is 41.6 Å². The summed E-state index contributed by atoms with van der Waals surface area (Å²) in [6.07, 6.45) is -0.988. The molecule has 6 nitrogen and oxygen atoms in total. The van der Waals surface area contributed by atoms with E-state index in [0.29, 0.717) is 11.3 Å². The van der Waals surface area contributed by atoms with E-state index in [0.717, 1.165) is 22.9 Å². The Bertz CT molecular complexity index is 1080. The predicted octanol–water partition coefficient (Wildman–Crippen LogP) is 4.73. The molecule has 2 aromatic heterocycles. The molecule has 0 bridgehead atoms. The molecule has 33 heavy (non-hydrogen) atoms. The summed E-state index contributed by atoms with van der Waals surface area (Å²) in [5, 5.41) is 2.83. The summed E-state index contributed by atoms with van der Waals surface area (Å²) in [6, 6.07) is 9.43. The number of aromatic nitrogens is 3. The Morgan fingerprint density at radius 3 is 2.36 bits per heavy atom. The number of hydrogen-bond donors (Lipinski definition) is 1. The minimum atomic E-state index is -4.61. The first-order chi connectivity index (χ1) is 15.6. The average molecular weight is 480 g/mol. The third-order valence-electron chi connectivity index (χ3n) is 4.43. The number of amides is 1. The van der Waals surface area contributed by atoms with E-state index in [4.69, 9.17) is 0 Å². The lowest BCUT2D eigenvalue weighted by molar-refractivity contribution is -0.145. The van der Waals surface area contributed by atoms with E-state index >= 15 is 0 Å². The van der Waals surface area contributed by atoms with E-state index in [2.05, 4.69) is 20.3 Å². The number of pyridine rings is 1. The zero-order chi connectivity index (χ0) is 24.0. The van der Waals surface area contributed by atoms with Gasteiger partial charge in [0.15, 0.2) is 0 Å². The third kappa shape index (κ3) is 7.22. The minimum Gasteiger partial charge on any atom is -0.351 e. The van der Waals surface area contributed by atoms with Crippen LogP contribution in [0.1, 0.15) is 25.2 Å². The number of hydrogen-bond acceptors (Lipinski definition) is 6. The Morgan fingerprint density at radius 1 is 1.09 bits per heavy atom. The van der Waals surface area contributed by atoms with Crippen LogP contribution in [0.3, 0.4) is 0 Å². The molecule has 0 aliphatic rings. The second kappa shape index (κ2) is 10.7. The van der Waals surface area contributed by atoms with Crippen molar-refractivity contribution in [1.29, 1.82) is 0 Å². The van der Waals surface area contributed by atoms with Crippen molar-refractivity contribution in [3.63, 3.8) is 0 Å². The standard InChI is InChI=1S/C22H21F4N5OS/c1-14(2)31(33-18-5-3-17(23)4-6-18)13-20(32)28-10-15-7-8-27-19(9-15)16-11-29-21(30-12-16)22(24,25)26/h3-9,11-12,14H,10,13H2,1-2H3,(H,28,32). The van der Waals surface area contributed by atoms with Crippen molar-refractivity contribution in [1.82, 2.24) is 24.6 Å². The molecule has 11 heteroatoms. The topological polar surface area (TPSA) is 71.0 Å². The summed E-state index contributed by atoms with van der Waals surface area (Å²) in [6.45, 7) is 4.23. The van der Waals surface area contributed by atoms with Gasteiger partial charge in [-0.15, -0.1) is 0 Å². The number of halogens is 4. The van der Waals surface area contributed by atoms with E-state index in [1.165, 1.54) is 30.3 Å². The van der Waals surface area contributed by atoms with Gasteiger partial charge in [0.2, 0.25) is 11.7 Å². The van der Waals surface area contributed by atoms with Gasteiger partial charge in [-0.1, -0.05) is 0 Å². The molecule has 1 aromatic carbocycles. The van der Waals surface area contributed by atoms with E-state index in [1.807, 2.05) is 18.2 Å². The lowest BCUT2D eigenvalue weighted by Gasteiger charge is -2.24. The van der Waals surface area contributed by atoms with Gasteiger partial charge in [-0.25, -0.2) is 18.7 Å². The van der Waals surface area contributed by atoms with Crippen LogP contribution in [0, 0.1) is 5.82 Å². The van der Waals surface area contributed by atoms with Crippen molar-refractivity contribution in [2.24, 2.45) is 0 Å². The monoisotopic (exact) mass is 479 g/mol. The van der Waals surface area contributed by atoms with Gasteiger partial charge in [0.05, 0.1) is 12.2 Å². The number of carbonyl (C=O) groups excluding carboxylic acids is 1. The second-order valence-electron chi connectivity index (χ2n) is 7.33. The maximum atomic E-state index is 13.1. The van der Waals surface area contributed by atoms with Gasteiger partial charge in [-0.3, -0.25) is 9.78 Å². The molecule has 0 spiro atoms. The van der Waals surface area contributed by atoms with Crippen LogP contribution in [0.25, 0.3) is 11.3 Å². The van der Waals surface area contributed by atoms with Gasteiger partial charge < -0.3 is 5.32 Å². The number of benzene rings is 1. The van der Waals surface area contributed by atoms with Crippen molar-refractivity contribution in [2.45, 2.75) is 37.5 Å². The fourth-order valence-electron chi connectivity index (χ4n) is 2.70. The largest absolute Gasteiger partial charge is 0.451 e. The molecule has 0 saturated carbocycles. The lowest BCUT2D eigenvalue weighted by Crippen LogP contribution is -2.36. The molecule has 0 aliphatic carbocycles. The molecule has 1 N–H and O–H groups in total. The van der Waals surface area contributed by atoms with Crippen molar-refractivity contribution in [2.75, 3.05) is 6.54 Å². The number of rotatable bonds is 8. The van der Waals surface area contributed by atoms with Gasteiger partial charge in [0.25, 0.3) is 0 Å². The summed E-state index contributed by atoms with van der Waals surface area (Å²) in [5.74, 6) is -1.76. The smallest absolute Gasteiger partial charge is 0.351 e. The van der Waals surface area contributed by atoms with Crippen molar-refractivity contribution < 1.29 is 22.4 Å². The molecule has 0 saturated heterocycles.